The summed E-state index contributed by atoms with van der Waals surface area (Å²) in [6.45, 7) is 1.36. The zero-order chi connectivity index (χ0) is 21.3. The first-order chi connectivity index (χ1) is 14.5. The van der Waals surface area contributed by atoms with Gasteiger partial charge in [0.2, 0.25) is 5.91 Å². The lowest BCUT2D eigenvalue weighted by Gasteiger charge is -2.37. The Labute approximate surface area is 181 Å². The quantitative estimate of drug-likeness (QED) is 0.663. The molecule has 1 aliphatic carbocycles. The number of halogens is 2. The number of anilines is 1. The third kappa shape index (κ3) is 4.29. The molecule has 0 spiro atoms. The number of carbonyl (C=O) groups is 1. The van der Waals surface area contributed by atoms with E-state index in [1.54, 1.807) is 6.07 Å². The van der Waals surface area contributed by atoms with Gasteiger partial charge >= 0.3 is 0 Å². The Kier molecular flexibility index (Phi) is 5.97. The van der Waals surface area contributed by atoms with Crippen LogP contribution < -0.4 is 4.90 Å². The summed E-state index contributed by atoms with van der Waals surface area (Å²) in [6.07, 6.45) is 3.74. The number of rotatable bonds is 5. The lowest BCUT2D eigenvalue weighted by Crippen LogP contribution is -2.43. The van der Waals surface area contributed by atoms with Gasteiger partial charge in [-0.1, -0.05) is 23.7 Å². The van der Waals surface area contributed by atoms with Crippen molar-refractivity contribution >= 4 is 23.2 Å². The van der Waals surface area contributed by atoms with Gasteiger partial charge in [-0.15, -0.1) is 0 Å². The number of amides is 1. The fourth-order valence-corrected chi connectivity index (χ4v) is 4.68. The second-order valence-electron chi connectivity index (χ2n) is 8.32. The first-order valence-corrected chi connectivity index (χ1v) is 10.8. The van der Waals surface area contributed by atoms with Crippen molar-refractivity contribution in [2.75, 3.05) is 25.0 Å². The standard InChI is InChI=1S/C24H25ClFN3O/c1-28(23(16-2-3-16)17-4-6-20(25)7-5-17)24(30)18-10-12-29(13-11-18)22-9-8-21(26)14-19(22)15-27/h4-9,14,16,18,23H,2-3,10-13H2,1H3. The van der Waals surface area contributed by atoms with Gasteiger partial charge in [0.25, 0.3) is 0 Å². The highest BCUT2D eigenvalue weighted by Gasteiger charge is 2.39. The van der Waals surface area contributed by atoms with Crippen molar-refractivity contribution in [1.29, 1.82) is 5.26 Å². The number of carbonyl (C=O) groups excluding carboxylic acids is 1. The predicted molar refractivity (Wildman–Crippen MR) is 116 cm³/mol. The van der Waals surface area contributed by atoms with Gasteiger partial charge in [-0.2, -0.15) is 5.26 Å². The highest BCUT2D eigenvalue weighted by Crippen LogP contribution is 2.45. The van der Waals surface area contributed by atoms with Crippen molar-refractivity contribution in [3.63, 3.8) is 0 Å². The molecule has 156 valence electrons. The minimum atomic E-state index is -0.407. The molecule has 1 saturated carbocycles. The molecule has 4 rings (SSSR count). The van der Waals surface area contributed by atoms with Crippen LogP contribution in [0.25, 0.3) is 0 Å². The first kappa shape index (κ1) is 20.7. The second kappa shape index (κ2) is 8.65. The minimum Gasteiger partial charge on any atom is -0.370 e. The van der Waals surface area contributed by atoms with E-state index < -0.39 is 5.82 Å². The van der Waals surface area contributed by atoms with Gasteiger partial charge in [0.15, 0.2) is 0 Å². The van der Waals surface area contributed by atoms with E-state index in [9.17, 15) is 14.4 Å². The fraction of sp³-hybridized carbons (Fsp3) is 0.417. The smallest absolute Gasteiger partial charge is 0.226 e. The summed E-state index contributed by atoms with van der Waals surface area (Å²) in [7, 11) is 1.92. The SMILES string of the molecule is CN(C(=O)C1CCN(c2ccc(F)cc2C#N)CC1)C(c1ccc(Cl)cc1)C1CC1. The average molecular weight is 426 g/mol. The Hall–Kier alpha value is -2.58. The Balaban J connectivity index is 1.43. The molecule has 1 unspecified atom stereocenters. The molecule has 2 aromatic rings. The van der Waals surface area contributed by atoms with E-state index in [-0.39, 0.29) is 17.9 Å². The third-order valence-corrected chi connectivity index (χ3v) is 6.56. The molecule has 6 heteroatoms. The second-order valence-corrected chi connectivity index (χ2v) is 8.75. The van der Waals surface area contributed by atoms with Crippen molar-refractivity contribution in [3.05, 3.63) is 64.4 Å². The zero-order valence-electron chi connectivity index (χ0n) is 17.0. The van der Waals surface area contributed by atoms with Crippen LogP contribution in [0.2, 0.25) is 5.02 Å². The van der Waals surface area contributed by atoms with E-state index >= 15 is 0 Å². The summed E-state index contributed by atoms with van der Waals surface area (Å²) in [5.41, 5.74) is 2.23. The average Bonchev–Trinajstić information content (AvgIpc) is 3.60. The summed E-state index contributed by atoms with van der Waals surface area (Å²) in [5, 5.41) is 10.0. The van der Waals surface area contributed by atoms with Crippen LogP contribution >= 0.6 is 11.6 Å². The Morgan fingerprint density at radius 1 is 1.17 bits per heavy atom. The predicted octanol–water partition coefficient (Wildman–Crippen LogP) is 5.18. The third-order valence-electron chi connectivity index (χ3n) is 6.31. The van der Waals surface area contributed by atoms with E-state index in [1.165, 1.54) is 12.1 Å². The van der Waals surface area contributed by atoms with Crippen molar-refractivity contribution in [2.24, 2.45) is 11.8 Å². The monoisotopic (exact) mass is 425 g/mol. The normalized spacial score (nSPS) is 18.0. The largest absolute Gasteiger partial charge is 0.370 e. The van der Waals surface area contributed by atoms with Crippen molar-refractivity contribution in [1.82, 2.24) is 4.90 Å². The van der Waals surface area contributed by atoms with E-state index in [2.05, 4.69) is 11.0 Å². The first-order valence-electron chi connectivity index (χ1n) is 10.4. The topological polar surface area (TPSA) is 47.3 Å². The molecule has 0 radical (unpaired) electrons. The minimum absolute atomic E-state index is 0.0363. The molecule has 4 nitrogen and oxygen atoms in total. The highest BCUT2D eigenvalue weighted by atomic mass is 35.5. The molecule has 1 atom stereocenters. The van der Waals surface area contributed by atoms with Gasteiger partial charge in [-0.25, -0.2) is 4.39 Å². The van der Waals surface area contributed by atoms with E-state index in [4.69, 9.17) is 11.6 Å². The van der Waals surface area contributed by atoms with Crippen LogP contribution in [0.3, 0.4) is 0 Å². The number of nitrogens with zero attached hydrogens (tertiary/aromatic N) is 3. The van der Waals surface area contributed by atoms with E-state index in [0.717, 1.165) is 36.9 Å². The Morgan fingerprint density at radius 3 is 2.43 bits per heavy atom. The summed E-state index contributed by atoms with van der Waals surface area (Å²) in [5.74, 6) is 0.250. The number of hydrogen-bond donors (Lipinski definition) is 0. The summed E-state index contributed by atoms with van der Waals surface area (Å²) in [6, 6.07) is 14.3. The van der Waals surface area contributed by atoms with Gasteiger partial charge in [0.1, 0.15) is 11.9 Å². The molecule has 1 aliphatic heterocycles. The summed E-state index contributed by atoms with van der Waals surface area (Å²) in [4.78, 5) is 17.3. The maximum absolute atomic E-state index is 13.4. The molecular weight excluding hydrogens is 401 g/mol. The van der Waals surface area contributed by atoms with Crippen LogP contribution in [0.5, 0.6) is 0 Å². The molecule has 0 N–H and O–H groups in total. The van der Waals surface area contributed by atoms with Crippen LogP contribution in [0.15, 0.2) is 42.5 Å². The van der Waals surface area contributed by atoms with Crippen molar-refractivity contribution < 1.29 is 9.18 Å². The summed E-state index contributed by atoms with van der Waals surface area (Å²) >= 11 is 6.04. The van der Waals surface area contributed by atoms with Gasteiger partial charge in [-0.3, -0.25) is 4.79 Å². The molecule has 2 aromatic carbocycles. The molecule has 1 amide bonds. The molecule has 2 fully saturated rings. The van der Waals surface area contributed by atoms with Crippen LogP contribution in [-0.4, -0.2) is 30.9 Å². The maximum Gasteiger partial charge on any atom is 0.226 e. The Bertz CT molecular complexity index is 959. The van der Waals surface area contributed by atoms with Crippen LogP contribution in [0.4, 0.5) is 10.1 Å². The number of nitriles is 1. The lowest BCUT2D eigenvalue weighted by atomic mass is 9.92. The van der Waals surface area contributed by atoms with Crippen LogP contribution in [0, 0.1) is 29.0 Å². The van der Waals surface area contributed by atoms with Crippen molar-refractivity contribution in [3.8, 4) is 6.07 Å². The van der Waals surface area contributed by atoms with E-state index in [0.29, 0.717) is 29.6 Å². The number of benzene rings is 2. The highest BCUT2D eigenvalue weighted by molar-refractivity contribution is 6.30. The fourth-order valence-electron chi connectivity index (χ4n) is 4.55. The van der Waals surface area contributed by atoms with Crippen molar-refractivity contribution in [2.45, 2.75) is 31.7 Å². The molecule has 2 aliphatic rings. The van der Waals surface area contributed by atoms with Gasteiger partial charge in [0, 0.05) is 31.1 Å². The molecule has 1 heterocycles. The zero-order valence-corrected chi connectivity index (χ0v) is 17.8. The van der Waals surface area contributed by atoms with Crippen LogP contribution in [0.1, 0.15) is 42.9 Å². The molecule has 0 bridgehead atoms. The number of hydrogen-bond acceptors (Lipinski definition) is 3. The molecule has 1 saturated heterocycles. The van der Waals surface area contributed by atoms with Crippen LogP contribution in [-0.2, 0) is 4.79 Å². The van der Waals surface area contributed by atoms with Gasteiger partial charge in [-0.05, 0) is 67.5 Å². The van der Waals surface area contributed by atoms with Gasteiger partial charge in [0.05, 0.1) is 17.3 Å². The lowest BCUT2D eigenvalue weighted by molar-refractivity contribution is -0.137. The number of piperidine rings is 1. The molecule has 30 heavy (non-hydrogen) atoms. The van der Waals surface area contributed by atoms with E-state index in [1.807, 2.05) is 36.2 Å². The van der Waals surface area contributed by atoms with Gasteiger partial charge < -0.3 is 9.80 Å². The Morgan fingerprint density at radius 2 is 1.83 bits per heavy atom. The maximum atomic E-state index is 13.4. The molecule has 0 aromatic heterocycles. The summed E-state index contributed by atoms with van der Waals surface area (Å²) < 4.78 is 13.4. The molecular formula is C24H25ClFN3O.